The zero-order valence-corrected chi connectivity index (χ0v) is 10.9. The molecule has 0 N–H and O–H groups in total. The van der Waals surface area contributed by atoms with Crippen LogP contribution in [0.1, 0.15) is 0 Å². The minimum Gasteiger partial charge on any atom is -0.265 e. The number of hydrogen-bond donors (Lipinski definition) is 0. The number of hydrogen-bond acceptors (Lipinski definition) is 3. The molecular weight excluding hydrogens is 292 g/mol. The number of benzene rings is 1. The van der Waals surface area contributed by atoms with Crippen LogP contribution < -0.4 is 0 Å². The van der Waals surface area contributed by atoms with Gasteiger partial charge in [0.1, 0.15) is 0 Å². The Morgan fingerprint density at radius 1 is 1.06 bits per heavy atom. The summed E-state index contributed by atoms with van der Waals surface area (Å²) in [6.07, 6.45) is 5.26. The van der Waals surface area contributed by atoms with Crippen LogP contribution in [0.4, 0.5) is 0 Å². The quantitative estimate of drug-likeness (QED) is 0.730. The van der Waals surface area contributed by atoms with Crippen molar-refractivity contribution in [3.63, 3.8) is 0 Å². The molecule has 0 aliphatic heterocycles. The van der Waals surface area contributed by atoms with Crippen molar-refractivity contribution >= 4 is 15.9 Å². The van der Waals surface area contributed by atoms with Crippen molar-refractivity contribution in [3.05, 3.63) is 59.5 Å². The van der Waals surface area contributed by atoms with E-state index in [1.54, 1.807) is 23.3 Å². The third-order valence-electron chi connectivity index (χ3n) is 2.58. The summed E-state index contributed by atoms with van der Waals surface area (Å²) in [7, 11) is 0. The predicted molar refractivity (Wildman–Crippen MR) is 72.3 cm³/mol. The fourth-order valence-corrected chi connectivity index (χ4v) is 2.14. The van der Waals surface area contributed by atoms with Crippen LogP contribution in [-0.2, 0) is 0 Å². The lowest BCUT2D eigenvalue weighted by Crippen LogP contribution is -1.99. The highest BCUT2D eigenvalue weighted by molar-refractivity contribution is 9.10. The second-order valence-electron chi connectivity index (χ2n) is 3.75. The van der Waals surface area contributed by atoms with Gasteiger partial charge in [0.25, 0.3) is 0 Å². The SMILES string of the molecule is Brc1cccc(-n2nncc2-c2ccncc2)c1. The van der Waals surface area contributed by atoms with Crippen LogP contribution in [0.5, 0.6) is 0 Å². The van der Waals surface area contributed by atoms with E-state index < -0.39 is 0 Å². The molecule has 0 amide bonds. The van der Waals surface area contributed by atoms with Gasteiger partial charge in [-0.3, -0.25) is 4.98 Å². The van der Waals surface area contributed by atoms with E-state index in [9.17, 15) is 0 Å². The van der Waals surface area contributed by atoms with Gasteiger partial charge in [0.05, 0.1) is 17.6 Å². The van der Waals surface area contributed by atoms with Crippen LogP contribution >= 0.6 is 15.9 Å². The highest BCUT2D eigenvalue weighted by Crippen LogP contribution is 2.22. The molecule has 88 valence electrons. The molecular formula is C13H9BrN4. The van der Waals surface area contributed by atoms with Crippen molar-refractivity contribution in [2.24, 2.45) is 0 Å². The van der Waals surface area contributed by atoms with Gasteiger partial charge in [-0.05, 0) is 30.3 Å². The maximum Gasteiger partial charge on any atom is 0.0945 e. The van der Waals surface area contributed by atoms with Crippen molar-refractivity contribution in [1.82, 2.24) is 20.0 Å². The van der Waals surface area contributed by atoms with E-state index in [1.165, 1.54) is 0 Å². The van der Waals surface area contributed by atoms with Gasteiger partial charge >= 0.3 is 0 Å². The first kappa shape index (κ1) is 11.1. The van der Waals surface area contributed by atoms with E-state index in [4.69, 9.17) is 0 Å². The van der Waals surface area contributed by atoms with Crippen LogP contribution in [0.3, 0.4) is 0 Å². The van der Waals surface area contributed by atoms with Gasteiger partial charge in [-0.1, -0.05) is 27.2 Å². The van der Waals surface area contributed by atoms with Crippen LogP contribution in [0.25, 0.3) is 16.9 Å². The molecule has 4 nitrogen and oxygen atoms in total. The summed E-state index contributed by atoms with van der Waals surface area (Å²) in [6.45, 7) is 0. The fourth-order valence-electron chi connectivity index (χ4n) is 1.75. The van der Waals surface area contributed by atoms with Gasteiger partial charge in [-0.25, -0.2) is 4.68 Å². The zero-order valence-electron chi connectivity index (χ0n) is 9.36. The number of rotatable bonds is 2. The number of halogens is 1. The van der Waals surface area contributed by atoms with E-state index >= 15 is 0 Å². The first-order valence-corrected chi connectivity index (χ1v) is 6.21. The summed E-state index contributed by atoms with van der Waals surface area (Å²) in [4.78, 5) is 4.01. The Kier molecular flexibility index (Phi) is 2.90. The molecule has 0 atom stereocenters. The van der Waals surface area contributed by atoms with Gasteiger partial charge in [-0.15, -0.1) is 5.10 Å². The maximum absolute atomic E-state index is 4.13. The molecule has 1 aromatic carbocycles. The minimum atomic E-state index is 0.940. The molecule has 5 heteroatoms. The molecule has 0 saturated carbocycles. The van der Waals surface area contributed by atoms with E-state index in [-0.39, 0.29) is 0 Å². The molecule has 0 saturated heterocycles. The van der Waals surface area contributed by atoms with Gasteiger partial charge in [0.2, 0.25) is 0 Å². The smallest absolute Gasteiger partial charge is 0.0945 e. The molecule has 0 radical (unpaired) electrons. The number of nitrogens with zero attached hydrogens (tertiary/aromatic N) is 4. The molecule has 0 bridgehead atoms. The van der Waals surface area contributed by atoms with Gasteiger partial charge in [0, 0.05) is 22.4 Å². The first-order valence-electron chi connectivity index (χ1n) is 5.41. The highest BCUT2D eigenvalue weighted by atomic mass is 79.9. The Hall–Kier alpha value is -2.01. The lowest BCUT2D eigenvalue weighted by molar-refractivity contribution is 0.807. The van der Waals surface area contributed by atoms with Crippen LogP contribution in [0.2, 0.25) is 0 Å². The molecule has 3 aromatic rings. The monoisotopic (exact) mass is 300 g/mol. The van der Waals surface area contributed by atoms with Crippen LogP contribution in [0.15, 0.2) is 59.5 Å². The van der Waals surface area contributed by atoms with Gasteiger partial charge < -0.3 is 0 Å². The van der Waals surface area contributed by atoms with Gasteiger partial charge in [0.15, 0.2) is 0 Å². The van der Waals surface area contributed by atoms with E-state index in [0.29, 0.717) is 0 Å². The highest BCUT2D eigenvalue weighted by Gasteiger charge is 2.08. The summed E-state index contributed by atoms with van der Waals surface area (Å²) in [6, 6.07) is 11.8. The van der Waals surface area contributed by atoms with Crippen molar-refractivity contribution < 1.29 is 0 Å². The minimum absolute atomic E-state index is 0.940. The Balaban J connectivity index is 2.13. The Morgan fingerprint density at radius 3 is 2.67 bits per heavy atom. The largest absolute Gasteiger partial charge is 0.265 e. The molecule has 18 heavy (non-hydrogen) atoms. The normalized spacial score (nSPS) is 10.5. The standard InChI is InChI=1S/C13H9BrN4/c14-11-2-1-3-12(8-11)18-13(9-16-17-18)10-4-6-15-7-5-10/h1-9H. The summed E-state index contributed by atoms with van der Waals surface area (Å²) in [5.74, 6) is 0. The second-order valence-corrected chi connectivity index (χ2v) is 4.66. The number of pyridine rings is 1. The average molecular weight is 301 g/mol. The van der Waals surface area contributed by atoms with E-state index in [1.807, 2.05) is 36.4 Å². The molecule has 0 fully saturated rings. The Labute approximate surface area is 112 Å². The van der Waals surface area contributed by atoms with Gasteiger partial charge in [-0.2, -0.15) is 0 Å². The van der Waals surface area contributed by atoms with E-state index in [2.05, 4.69) is 31.2 Å². The third-order valence-corrected chi connectivity index (χ3v) is 3.07. The van der Waals surface area contributed by atoms with Crippen molar-refractivity contribution in [2.75, 3.05) is 0 Å². The lowest BCUT2D eigenvalue weighted by Gasteiger charge is -2.06. The molecule has 3 rings (SSSR count). The Morgan fingerprint density at radius 2 is 1.89 bits per heavy atom. The fraction of sp³-hybridized carbons (Fsp3) is 0. The molecule has 0 spiro atoms. The number of aromatic nitrogens is 4. The molecule has 2 aromatic heterocycles. The summed E-state index contributed by atoms with van der Waals surface area (Å²) in [5.41, 5.74) is 2.94. The predicted octanol–water partition coefficient (Wildman–Crippen LogP) is 3.09. The average Bonchev–Trinajstić information content (AvgIpc) is 2.89. The molecule has 0 aliphatic carbocycles. The second kappa shape index (κ2) is 4.70. The topological polar surface area (TPSA) is 43.6 Å². The van der Waals surface area contributed by atoms with Crippen molar-refractivity contribution in [1.29, 1.82) is 0 Å². The van der Waals surface area contributed by atoms with Crippen molar-refractivity contribution in [3.8, 4) is 16.9 Å². The summed E-state index contributed by atoms with van der Waals surface area (Å²) >= 11 is 3.46. The van der Waals surface area contributed by atoms with Crippen LogP contribution in [-0.4, -0.2) is 20.0 Å². The molecule has 0 unspecified atom stereocenters. The zero-order chi connectivity index (χ0) is 12.4. The molecule has 0 aliphatic rings. The summed E-state index contributed by atoms with van der Waals surface area (Å²) in [5, 5.41) is 8.11. The third kappa shape index (κ3) is 2.04. The Bertz CT molecular complexity index is 664. The molecule has 2 heterocycles. The van der Waals surface area contributed by atoms with Crippen molar-refractivity contribution in [2.45, 2.75) is 0 Å². The lowest BCUT2D eigenvalue weighted by atomic mass is 10.2. The first-order chi connectivity index (χ1) is 8.84. The maximum atomic E-state index is 4.13. The van der Waals surface area contributed by atoms with E-state index in [0.717, 1.165) is 21.4 Å². The summed E-state index contributed by atoms with van der Waals surface area (Å²) < 4.78 is 2.82. The van der Waals surface area contributed by atoms with Crippen LogP contribution in [0, 0.1) is 0 Å².